The smallest absolute Gasteiger partial charge is 0.147 e. The van der Waals surface area contributed by atoms with Crippen molar-refractivity contribution in [2.45, 2.75) is 25.8 Å². The van der Waals surface area contributed by atoms with Crippen LogP contribution in [0, 0.1) is 0 Å². The molecule has 0 saturated carbocycles. The molecule has 0 saturated heterocycles. The fraction of sp³-hybridized carbons (Fsp3) is 0.250. The molecule has 106 valence electrons. The third-order valence-corrected chi connectivity index (χ3v) is 3.59. The van der Waals surface area contributed by atoms with Crippen molar-refractivity contribution in [2.24, 2.45) is 5.73 Å². The van der Waals surface area contributed by atoms with E-state index in [4.69, 9.17) is 33.7 Å². The van der Waals surface area contributed by atoms with Gasteiger partial charge in [0.05, 0.1) is 5.02 Å². The van der Waals surface area contributed by atoms with Gasteiger partial charge in [0.2, 0.25) is 0 Å². The number of rotatable bonds is 5. The number of hydrogen-bond acceptors (Lipinski definition) is 2. The second kappa shape index (κ2) is 6.98. The highest BCUT2D eigenvalue weighted by Gasteiger charge is 2.06. The molecule has 0 fully saturated rings. The van der Waals surface area contributed by atoms with Crippen LogP contribution in [0.1, 0.15) is 18.9 Å². The standard InChI is InChI=1S/C16H17Cl2NO/c1-2-13(19)8-11-4-3-5-14(9-11)20-16-10-12(17)6-7-15(16)18/h3-7,9-10,13H,2,8,19H2,1H3. The molecule has 2 N–H and O–H groups in total. The Morgan fingerprint density at radius 2 is 1.95 bits per heavy atom. The van der Waals surface area contributed by atoms with Crippen molar-refractivity contribution >= 4 is 23.2 Å². The molecule has 0 spiro atoms. The van der Waals surface area contributed by atoms with Crippen LogP contribution in [0.4, 0.5) is 0 Å². The van der Waals surface area contributed by atoms with E-state index in [1.54, 1.807) is 18.2 Å². The highest BCUT2D eigenvalue weighted by Crippen LogP contribution is 2.32. The van der Waals surface area contributed by atoms with E-state index in [-0.39, 0.29) is 6.04 Å². The maximum absolute atomic E-state index is 6.09. The Hall–Kier alpha value is -1.22. The van der Waals surface area contributed by atoms with Gasteiger partial charge in [0, 0.05) is 17.1 Å². The fourth-order valence-corrected chi connectivity index (χ4v) is 2.18. The summed E-state index contributed by atoms with van der Waals surface area (Å²) >= 11 is 12.0. The molecule has 2 nitrogen and oxygen atoms in total. The van der Waals surface area contributed by atoms with E-state index >= 15 is 0 Å². The van der Waals surface area contributed by atoms with Gasteiger partial charge in [-0.15, -0.1) is 0 Å². The molecule has 1 unspecified atom stereocenters. The molecular formula is C16H17Cl2NO. The minimum Gasteiger partial charge on any atom is -0.456 e. The number of benzene rings is 2. The van der Waals surface area contributed by atoms with Crippen molar-refractivity contribution in [3.63, 3.8) is 0 Å². The quantitative estimate of drug-likeness (QED) is 0.837. The molecule has 0 aromatic heterocycles. The summed E-state index contributed by atoms with van der Waals surface area (Å²) in [7, 11) is 0. The van der Waals surface area contributed by atoms with Gasteiger partial charge in [-0.1, -0.05) is 42.3 Å². The lowest BCUT2D eigenvalue weighted by atomic mass is 10.0. The van der Waals surface area contributed by atoms with Crippen molar-refractivity contribution < 1.29 is 4.74 Å². The molecule has 0 radical (unpaired) electrons. The second-order valence-electron chi connectivity index (χ2n) is 4.70. The van der Waals surface area contributed by atoms with Crippen LogP contribution in [0.15, 0.2) is 42.5 Å². The molecule has 0 heterocycles. The molecule has 0 bridgehead atoms. The predicted molar refractivity (Wildman–Crippen MR) is 84.9 cm³/mol. The molecule has 2 aromatic rings. The van der Waals surface area contributed by atoms with Crippen LogP contribution in [-0.2, 0) is 6.42 Å². The highest BCUT2D eigenvalue weighted by atomic mass is 35.5. The van der Waals surface area contributed by atoms with Crippen molar-refractivity contribution in [3.05, 3.63) is 58.1 Å². The van der Waals surface area contributed by atoms with Crippen molar-refractivity contribution in [2.75, 3.05) is 0 Å². The van der Waals surface area contributed by atoms with E-state index in [1.165, 1.54) is 0 Å². The van der Waals surface area contributed by atoms with Crippen LogP contribution in [0.3, 0.4) is 0 Å². The first kappa shape index (κ1) is 15.2. The first-order valence-corrected chi connectivity index (χ1v) is 7.31. The summed E-state index contributed by atoms with van der Waals surface area (Å²) in [6, 6.07) is 13.2. The molecule has 0 amide bonds. The number of ether oxygens (including phenoxy) is 1. The van der Waals surface area contributed by atoms with Gasteiger partial charge < -0.3 is 10.5 Å². The van der Waals surface area contributed by atoms with Crippen molar-refractivity contribution in [1.29, 1.82) is 0 Å². The predicted octanol–water partition coefficient (Wildman–Crippen LogP) is 5.07. The average molecular weight is 310 g/mol. The summed E-state index contributed by atoms with van der Waals surface area (Å²) < 4.78 is 5.79. The minimum absolute atomic E-state index is 0.167. The van der Waals surface area contributed by atoms with Gasteiger partial charge in [-0.3, -0.25) is 0 Å². The third-order valence-electron chi connectivity index (χ3n) is 3.04. The lowest BCUT2D eigenvalue weighted by Gasteiger charge is -2.11. The maximum atomic E-state index is 6.09. The van der Waals surface area contributed by atoms with Gasteiger partial charge in [-0.25, -0.2) is 0 Å². The zero-order valence-electron chi connectivity index (χ0n) is 11.3. The van der Waals surface area contributed by atoms with Gasteiger partial charge in [0.15, 0.2) is 0 Å². The Morgan fingerprint density at radius 3 is 2.70 bits per heavy atom. The monoisotopic (exact) mass is 309 g/mol. The third kappa shape index (κ3) is 4.14. The first-order valence-electron chi connectivity index (χ1n) is 6.56. The summed E-state index contributed by atoms with van der Waals surface area (Å²) in [5.41, 5.74) is 7.12. The molecular weight excluding hydrogens is 293 g/mol. The minimum atomic E-state index is 0.167. The SMILES string of the molecule is CCC(N)Cc1cccc(Oc2cc(Cl)ccc2Cl)c1. The van der Waals surface area contributed by atoms with Crippen LogP contribution < -0.4 is 10.5 Å². The summed E-state index contributed by atoms with van der Waals surface area (Å²) in [6.45, 7) is 2.08. The van der Waals surface area contributed by atoms with Gasteiger partial charge in [0.1, 0.15) is 11.5 Å². The Morgan fingerprint density at radius 1 is 1.15 bits per heavy atom. The lowest BCUT2D eigenvalue weighted by Crippen LogP contribution is -2.21. The molecule has 4 heteroatoms. The van der Waals surface area contributed by atoms with E-state index in [2.05, 4.69) is 6.92 Å². The first-order chi connectivity index (χ1) is 9.58. The Bertz CT molecular complexity index is 586. The lowest BCUT2D eigenvalue weighted by molar-refractivity contribution is 0.482. The Balaban J connectivity index is 2.17. The topological polar surface area (TPSA) is 35.2 Å². The van der Waals surface area contributed by atoms with E-state index < -0.39 is 0 Å². The number of hydrogen-bond donors (Lipinski definition) is 1. The van der Waals surface area contributed by atoms with Crippen molar-refractivity contribution in [1.82, 2.24) is 0 Å². The molecule has 0 aliphatic rings. The molecule has 0 aliphatic carbocycles. The van der Waals surface area contributed by atoms with Crippen LogP contribution in [0.25, 0.3) is 0 Å². The van der Waals surface area contributed by atoms with Crippen LogP contribution in [0.2, 0.25) is 10.0 Å². The van der Waals surface area contributed by atoms with E-state index in [9.17, 15) is 0 Å². The number of halogens is 2. The van der Waals surface area contributed by atoms with Crippen molar-refractivity contribution in [3.8, 4) is 11.5 Å². The Kier molecular flexibility index (Phi) is 5.30. The normalized spacial score (nSPS) is 12.2. The fourth-order valence-electron chi connectivity index (χ4n) is 1.87. The van der Waals surface area contributed by atoms with E-state index in [1.807, 2.05) is 24.3 Å². The largest absolute Gasteiger partial charge is 0.456 e. The highest BCUT2D eigenvalue weighted by molar-refractivity contribution is 6.34. The summed E-state index contributed by atoms with van der Waals surface area (Å²) in [5, 5.41) is 1.12. The van der Waals surface area contributed by atoms with Crippen LogP contribution >= 0.6 is 23.2 Å². The summed E-state index contributed by atoms with van der Waals surface area (Å²) in [5.74, 6) is 1.28. The summed E-state index contributed by atoms with van der Waals surface area (Å²) in [6.07, 6.45) is 1.78. The van der Waals surface area contributed by atoms with E-state index in [0.29, 0.717) is 15.8 Å². The van der Waals surface area contributed by atoms with Gasteiger partial charge in [-0.2, -0.15) is 0 Å². The number of nitrogens with two attached hydrogens (primary N) is 1. The van der Waals surface area contributed by atoms with Gasteiger partial charge in [-0.05, 0) is 42.7 Å². The van der Waals surface area contributed by atoms with E-state index in [0.717, 1.165) is 24.2 Å². The molecule has 0 aliphatic heterocycles. The second-order valence-corrected chi connectivity index (χ2v) is 5.54. The summed E-state index contributed by atoms with van der Waals surface area (Å²) in [4.78, 5) is 0. The van der Waals surface area contributed by atoms with Crippen LogP contribution in [-0.4, -0.2) is 6.04 Å². The molecule has 20 heavy (non-hydrogen) atoms. The zero-order chi connectivity index (χ0) is 14.5. The molecule has 1 atom stereocenters. The van der Waals surface area contributed by atoms with Gasteiger partial charge >= 0.3 is 0 Å². The van der Waals surface area contributed by atoms with Crippen LogP contribution in [0.5, 0.6) is 11.5 Å². The molecule has 2 rings (SSSR count). The maximum Gasteiger partial charge on any atom is 0.147 e. The molecule has 2 aromatic carbocycles. The Labute approximate surface area is 129 Å². The zero-order valence-corrected chi connectivity index (χ0v) is 12.8. The average Bonchev–Trinajstić information content (AvgIpc) is 2.43. The van der Waals surface area contributed by atoms with Gasteiger partial charge in [0.25, 0.3) is 0 Å².